The molecule has 0 bridgehead atoms. The predicted molar refractivity (Wildman–Crippen MR) is 70.5 cm³/mol. The fraction of sp³-hybridized carbons (Fsp3) is 0.154. The van der Waals surface area contributed by atoms with Crippen molar-refractivity contribution in [3.63, 3.8) is 0 Å². The van der Waals surface area contributed by atoms with Crippen molar-refractivity contribution in [2.75, 3.05) is 5.32 Å². The van der Waals surface area contributed by atoms with Crippen LogP contribution in [0.1, 0.15) is 15.9 Å². The molecule has 0 aliphatic carbocycles. The lowest BCUT2D eigenvalue weighted by molar-refractivity contribution is -0.118. The van der Waals surface area contributed by atoms with Crippen molar-refractivity contribution in [2.24, 2.45) is 5.73 Å². The number of hydrogen-bond acceptors (Lipinski definition) is 3. The Hall–Kier alpha value is -2.70. The summed E-state index contributed by atoms with van der Waals surface area (Å²) in [5.74, 6) is -1.28. The number of benzene rings is 1. The highest BCUT2D eigenvalue weighted by Gasteiger charge is 2.09. The molecular formula is C13H13FN4O2. The van der Waals surface area contributed by atoms with E-state index in [4.69, 9.17) is 5.73 Å². The molecule has 3 N–H and O–H groups in total. The molecule has 0 saturated heterocycles. The standard InChI is InChI=1S/C13H13FN4O2/c1-8-4-9(2-3-11(8)14)13(20)17-10-5-16-18(6-10)7-12(15)19/h2-6H,7H2,1H3,(H2,15,19)(H,17,20). The fourth-order valence-electron chi connectivity index (χ4n) is 1.66. The van der Waals surface area contributed by atoms with E-state index in [1.807, 2.05) is 0 Å². The first-order chi connectivity index (χ1) is 9.45. The van der Waals surface area contributed by atoms with E-state index >= 15 is 0 Å². The SMILES string of the molecule is Cc1cc(C(=O)Nc2cnn(CC(N)=O)c2)ccc1F. The number of nitrogens with zero attached hydrogens (tertiary/aromatic N) is 2. The number of hydrogen-bond donors (Lipinski definition) is 2. The highest BCUT2D eigenvalue weighted by atomic mass is 19.1. The molecule has 2 rings (SSSR count). The van der Waals surface area contributed by atoms with E-state index in [-0.39, 0.29) is 18.3 Å². The summed E-state index contributed by atoms with van der Waals surface area (Å²) in [4.78, 5) is 22.7. The van der Waals surface area contributed by atoms with Gasteiger partial charge in [0, 0.05) is 11.8 Å². The van der Waals surface area contributed by atoms with Gasteiger partial charge >= 0.3 is 0 Å². The second kappa shape index (κ2) is 5.52. The Morgan fingerprint density at radius 2 is 2.20 bits per heavy atom. The fourth-order valence-corrected chi connectivity index (χ4v) is 1.66. The van der Waals surface area contributed by atoms with Crippen LogP contribution < -0.4 is 11.1 Å². The third kappa shape index (κ3) is 3.19. The molecule has 0 radical (unpaired) electrons. The van der Waals surface area contributed by atoms with Crippen molar-refractivity contribution in [3.05, 3.63) is 47.5 Å². The van der Waals surface area contributed by atoms with Crippen LogP contribution in [-0.2, 0) is 11.3 Å². The van der Waals surface area contributed by atoms with E-state index in [0.29, 0.717) is 16.8 Å². The molecule has 0 saturated carbocycles. The predicted octanol–water partition coefficient (Wildman–Crippen LogP) is 1.07. The van der Waals surface area contributed by atoms with Crippen molar-refractivity contribution < 1.29 is 14.0 Å². The molecule has 2 amide bonds. The van der Waals surface area contributed by atoms with Crippen molar-refractivity contribution in [2.45, 2.75) is 13.5 Å². The number of nitrogens with one attached hydrogen (secondary N) is 1. The lowest BCUT2D eigenvalue weighted by Gasteiger charge is -2.04. The van der Waals surface area contributed by atoms with Crippen LogP contribution in [0.25, 0.3) is 0 Å². The minimum absolute atomic E-state index is 0.0640. The number of halogens is 1. The van der Waals surface area contributed by atoms with Gasteiger partial charge in [-0.2, -0.15) is 5.10 Å². The molecule has 0 unspecified atom stereocenters. The molecule has 20 heavy (non-hydrogen) atoms. The number of primary amides is 1. The third-order valence-corrected chi connectivity index (χ3v) is 2.63. The smallest absolute Gasteiger partial charge is 0.255 e. The van der Waals surface area contributed by atoms with Crippen molar-refractivity contribution >= 4 is 17.5 Å². The molecule has 7 heteroatoms. The first-order valence-corrected chi connectivity index (χ1v) is 5.84. The van der Waals surface area contributed by atoms with E-state index in [9.17, 15) is 14.0 Å². The summed E-state index contributed by atoms with van der Waals surface area (Å²) in [7, 11) is 0. The zero-order valence-corrected chi connectivity index (χ0v) is 10.8. The molecule has 0 aliphatic heterocycles. The van der Waals surface area contributed by atoms with Crippen LogP contribution in [0.4, 0.5) is 10.1 Å². The molecule has 2 aromatic rings. The Balaban J connectivity index is 2.09. The number of aromatic nitrogens is 2. The third-order valence-electron chi connectivity index (χ3n) is 2.63. The molecule has 0 aliphatic rings. The highest BCUT2D eigenvalue weighted by Crippen LogP contribution is 2.12. The molecule has 1 heterocycles. The van der Waals surface area contributed by atoms with Crippen molar-refractivity contribution in [1.29, 1.82) is 0 Å². The summed E-state index contributed by atoms with van der Waals surface area (Å²) in [6.07, 6.45) is 2.89. The van der Waals surface area contributed by atoms with Crippen LogP contribution in [-0.4, -0.2) is 21.6 Å². The second-order valence-corrected chi connectivity index (χ2v) is 4.31. The van der Waals surface area contributed by atoms with Gasteiger partial charge in [0.25, 0.3) is 5.91 Å². The maximum atomic E-state index is 13.1. The van der Waals surface area contributed by atoms with Gasteiger partial charge in [0.15, 0.2) is 0 Å². The number of anilines is 1. The Morgan fingerprint density at radius 1 is 1.45 bits per heavy atom. The summed E-state index contributed by atoms with van der Waals surface area (Å²) >= 11 is 0. The summed E-state index contributed by atoms with van der Waals surface area (Å²) in [6.45, 7) is 1.52. The number of rotatable bonds is 4. The average Bonchev–Trinajstić information content (AvgIpc) is 2.79. The summed E-state index contributed by atoms with van der Waals surface area (Å²) < 4.78 is 14.4. The number of amides is 2. The topological polar surface area (TPSA) is 90.0 Å². The van der Waals surface area contributed by atoms with Crippen LogP contribution >= 0.6 is 0 Å². The van der Waals surface area contributed by atoms with Crippen LogP contribution in [0.2, 0.25) is 0 Å². The Labute approximate surface area is 114 Å². The number of nitrogens with two attached hydrogens (primary N) is 1. The van der Waals surface area contributed by atoms with Crippen molar-refractivity contribution in [3.8, 4) is 0 Å². The van der Waals surface area contributed by atoms with Gasteiger partial charge < -0.3 is 11.1 Å². The summed E-state index contributed by atoms with van der Waals surface area (Å²) in [5.41, 5.74) is 6.19. The monoisotopic (exact) mass is 276 g/mol. The van der Waals surface area contributed by atoms with E-state index in [1.165, 1.54) is 35.3 Å². The van der Waals surface area contributed by atoms with E-state index in [2.05, 4.69) is 10.4 Å². The first-order valence-electron chi connectivity index (χ1n) is 5.84. The Morgan fingerprint density at radius 3 is 2.85 bits per heavy atom. The van der Waals surface area contributed by atoms with Gasteiger partial charge in [-0.05, 0) is 30.7 Å². The quantitative estimate of drug-likeness (QED) is 0.875. The molecule has 104 valence electrons. The van der Waals surface area contributed by atoms with Gasteiger partial charge in [0.2, 0.25) is 5.91 Å². The maximum absolute atomic E-state index is 13.1. The van der Waals surface area contributed by atoms with Crippen LogP contribution in [0.5, 0.6) is 0 Å². The minimum atomic E-state index is -0.528. The Kier molecular flexibility index (Phi) is 3.79. The molecule has 6 nitrogen and oxygen atoms in total. The highest BCUT2D eigenvalue weighted by molar-refractivity contribution is 6.04. The van der Waals surface area contributed by atoms with Crippen molar-refractivity contribution in [1.82, 2.24) is 9.78 Å². The second-order valence-electron chi connectivity index (χ2n) is 4.31. The van der Waals surface area contributed by atoms with Crippen LogP contribution in [0.15, 0.2) is 30.6 Å². The van der Waals surface area contributed by atoms with Crippen LogP contribution in [0.3, 0.4) is 0 Å². The van der Waals surface area contributed by atoms with E-state index in [0.717, 1.165) is 0 Å². The number of carbonyl (C=O) groups excluding carboxylic acids is 2. The lowest BCUT2D eigenvalue weighted by atomic mass is 10.1. The van der Waals surface area contributed by atoms with Gasteiger partial charge in [-0.1, -0.05) is 0 Å². The van der Waals surface area contributed by atoms with Gasteiger partial charge in [-0.25, -0.2) is 4.39 Å². The lowest BCUT2D eigenvalue weighted by Crippen LogP contribution is -2.18. The molecule has 0 fully saturated rings. The van der Waals surface area contributed by atoms with E-state index < -0.39 is 5.91 Å². The van der Waals surface area contributed by atoms with E-state index in [1.54, 1.807) is 6.92 Å². The molecule has 1 aromatic heterocycles. The first kappa shape index (κ1) is 13.7. The van der Waals surface area contributed by atoms with Gasteiger partial charge in [-0.15, -0.1) is 0 Å². The number of carbonyl (C=O) groups is 2. The zero-order valence-electron chi connectivity index (χ0n) is 10.8. The normalized spacial score (nSPS) is 10.3. The summed E-state index contributed by atoms with van der Waals surface area (Å²) in [6, 6.07) is 4.09. The molecule has 0 atom stereocenters. The van der Waals surface area contributed by atoms with Crippen LogP contribution in [0, 0.1) is 12.7 Å². The number of aryl methyl sites for hydroxylation is 1. The van der Waals surface area contributed by atoms with Gasteiger partial charge in [-0.3, -0.25) is 14.3 Å². The zero-order chi connectivity index (χ0) is 14.7. The van der Waals surface area contributed by atoms with Gasteiger partial charge in [0.05, 0.1) is 11.9 Å². The largest absolute Gasteiger partial charge is 0.368 e. The molecule has 1 aromatic carbocycles. The summed E-state index contributed by atoms with van der Waals surface area (Å²) in [5, 5.41) is 6.48. The minimum Gasteiger partial charge on any atom is -0.368 e. The molecule has 0 spiro atoms. The average molecular weight is 276 g/mol. The van der Waals surface area contributed by atoms with Gasteiger partial charge in [0.1, 0.15) is 12.4 Å². The molecular weight excluding hydrogens is 263 g/mol. The Bertz CT molecular complexity index is 666. The maximum Gasteiger partial charge on any atom is 0.255 e.